The highest BCUT2D eigenvalue weighted by Crippen LogP contribution is 2.33. The highest BCUT2D eigenvalue weighted by atomic mass is 32.2. The molecule has 0 saturated heterocycles. The van der Waals surface area contributed by atoms with Crippen molar-refractivity contribution in [2.75, 3.05) is 0 Å². The normalized spacial score (nSPS) is 23.1. The Bertz CT molecular complexity index is 653. The van der Waals surface area contributed by atoms with Gasteiger partial charge < -0.3 is 5.73 Å². The van der Waals surface area contributed by atoms with Gasteiger partial charge in [-0.05, 0) is 48.6 Å². The topological polar surface area (TPSA) is 43.1 Å². The van der Waals surface area contributed by atoms with Crippen molar-refractivity contribution in [3.05, 3.63) is 65.2 Å². The van der Waals surface area contributed by atoms with E-state index < -0.39 is 10.8 Å². The summed E-state index contributed by atoms with van der Waals surface area (Å²) < 4.78 is 12.8. The van der Waals surface area contributed by atoms with Crippen LogP contribution in [0, 0.1) is 6.92 Å². The van der Waals surface area contributed by atoms with E-state index in [4.69, 9.17) is 5.73 Å². The van der Waals surface area contributed by atoms with Crippen molar-refractivity contribution in [3.63, 3.8) is 0 Å². The minimum atomic E-state index is -1.04. The molecule has 1 aliphatic carbocycles. The van der Waals surface area contributed by atoms with E-state index in [0.717, 1.165) is 28.9 Å². The molecule has 0 spiro atoms. The number of aryl methyl sites for hydroxylation is 2. The van der Waals surface area contributed by atoms with E-state index in [-0.39, 0.29) is 11.3 Å². The molecule has 3 unspecified atom stereocenters. The second kappa shape index (κ2) is 5.51. The molecule has 0 aromatic heterocycles. The van der Waals surface area contributed by atoms with E-state index in [1.165, 1.54) is 5.56 Å². The molecule has 3 rings (SSSR count). The molecule has 0 aliphatic heterocycles. The zero-order valence-corrected chi connectivity index (χ0v) is 12.4. The molecule has 104 valence electrons. The standard InChI is InChI=1S/C17H19NOS/c1-12-5-4-7-14(11-12)20(19)16-10-9-13-6-2-3-8-15(13)17(16)18/h2-8,11,16-17H,9-10,18H2,1H3. The van der Waals surface area contributed by atoms with E-state index in [2.05, 4.69) is 12.1 Å². The average molecular weight is 285 g/mol. The molecule has 0 saturated carbocycles. The minimum absolute atomic E-state index is 0.00620. The first-order chi connectivity index (χ1) is 9.66. The van der Waals surface area contributed by atoms with Crippen molar-refractivity contribution < 1.29 is 4.21 Å². The van der Waals surface area contributed by atoms with Crippen LogP contribution in [-0.2, 0) is 17.2 Å². The summed E-state index contributed by atoms with van der Waals surface area (Å²) >= 11 is 0. The maximum Gasteiger partial charge on any atom is 0.0590 e. The lowest BCUT2D eigenvalue weighted by atomic mass is 9.88. The second-order valence-electron chi connectivity index (χ2n) is 5.42. The fourth-order valence-corrected chi connectivity index (χ4v) is 4.53. The number of fused-ring (bicyclic) bond motifs is 1. The zero-order valence-electron chi connectivity index (χ0n) is 11.6. The number of nitrogens with two attached hydrogens (primary N) is 1. The first kappa shape index (κ1) is 13.5. The number of rotatable bonds is 2. The lowest BCUT2D eigenvalue weighted by molar-refractivity contribution is 0.563. The van der Waals surface area contributed by atoms with Gasteiger partial charge in [0.15, 0.2) is 0 Å². The summed E-state index contributed by atoms with van der Waals surface area (Å²) in [6.45, 7) is 2.02. The fourth-order valence-electron chi connectivity index (χ4n) is 2.92. The largest absolute Gasteiger partial charge is 0.323 e. The summed E-state index contributed by atoms with van der Waals surface area (Å²) in [5, 5.41) is 0.00620. The summed E-state index contributed by atoms with van der Waals surface area (Å²) in [7, 11) is -1.04. The van der Waals surface area contributed by atoms with E-state index in [1.807, 2.05) is 43.3 Å². The fraction of sp³-hybridized carbons (Fsp3) is 0.294. The molecule has 0 radical (unpaired) electrons. The van der Waals surface area contributed by atoms with E-state index in [0.29, 0.717) is 0 Å². The average Bonchev–Trinajstić information content (AvgIpc) is 2.47. The second-order valence-corrected chi connectivity index (χ2v) is 7.09. The molecular formula is C17H19NOS. The Balaban J connectivity index is 1.91. The van der Waals surface area contributed by atoms with Crippen LogP contribution in [0.15, 0.2) is 53.4 Å². The van der Waals surface area contributed by atoms with Crippen LogP contribution in [0.25, 0.3) is 0 Å². The Hall–Kier alpha value is -1.45. The van der Waals surface area contributed by atoms with Crippen molar-refractivity contribution >= 4 is 10.8 Å². The first-order valence-electron chi connectivity index (χ1n) is 6.97. The Morgan fingerprint density at radius 2 is 1.95 bits per heavy atom. The minimum Gasteiger partial charge on any atom is -0.323 e. The van der Waals surface area contributed by atoms with Gasteiger partial charge in [-0.15, -0.1) is 0 Å². The lowest BCUT2D eigenvalue weighted by Crippen LogP contribution is -2.34. The van der Waals surface area contributed by atoms with Gasteiger partial charge in [0.2, 0.25) is 0 Å². The van der Waals surface area contributed by atoms with Gasteiger partial charge in [0.1, 0.15) is 0 Å². The van der Waals surface area contributed by atoms with Crippen molar-refractivity contribution in [2.45, 2.75) is 36.0 Å². The van der Waals surface area contributed by atoms with Crippen LogP contribution < -0.4 is 5.73 Å². The van der Waals surface area contributed by atoms with E-state index >= 15 is 0 Å². The summed E-state index contributed by atoms with van der Waals surface area (Å²) in [4.78, 5) is 0.893. The first-order valence-corrected chi connectivity index (χ1v) is 8.19. The van der Waals surface area contributed by atoms with Gasteiger partial charge in [0.05, 0.1) is 16.0 Å². The van der Waals surface area contributed by atoms with Crippen LogP contribution in [0.1, 0.15) is 29.2 Å². The van der Waals surface area contributed by atoms with Gasteiger partial charge in [-0.2, -0.15) is 0 Å². The highest BCUT2D eigenvalue weighted by Gasteiger charge is 2.31. The SMILES string of the molecule is Cc1cccc(S(=O)C2CCc3ccccc3C2N)c1. The predicted molar refractivity (Wildman–Crippen MR) is 83.1 cm³/mol. The van der Waals surface area contributed by atoms with Crippen LogP contribution >= 0.6 is 0 Å². The van der Waals surface area contributed by atoms with Crippen molar-refractivity contribution in [1.82, 2.24) is 0 Å². The third-order valence-electron chi connectivity index (χ3n) is 4.01. The van der Waals surface area contributed by atoms with Crippen LogP contribution in [0.4, 0.5) is 0 Å². The van der Waals surface area contributed by atoms with Gasteiger partial charge in [0, 0.05) is 10.9 Å². The molecule has 0 heterocycles. The third kappa shape index (κ3) is 2.43. The Morgan fingerprint density at radius 1 is 1.15 bits per heavy atom. The Morgan fingerprint density at radius 3 is 2.75 bits per heavy atom. The van der Waals surface area contributed by atoms with E-state index in [9.17, 15) is 4.21 Å². The molecular weight excluding hydrogens is 266 g/mol. The summed E-state index contributed by atoms with van der Waals surface area (Å²) in [5.74, 6) is 0. The molecule has 2 N–H and O–H groups in total. The molecule has 0 bridgehead atoms. The zero-order chi connectivity index (χ0) is 14.1. The summed E-state index contributed by atoms with van der Waals surface area (Å²) in [6.07, 6.45) is 1.85. The van der Waals surface area contributed by atoms with Crippen LogP contribution in [-0.4, -0.2) is 9.46 Å². The lowest BCUT2D eigenvalue weighted by Gasteiger charge is -2.30. The van der Waals surface area contributed by atoms with Gasteiger partial charge in [-0.1, -0.05) is 36.4 Å². The molecule has 0 fully saturated rings. The number of benzene rings is 2. The monoisotopic (exact) mass is 285 g/mol. The molecule has 2 nitrogen and oxygen atoms in total. The van der Waals surface area contributed by atoms with Gasteiger partial charge in [-0.25, -0.2) is 0 Å². The van der Waals surface area contributed by atoms with Gasteiger partial charge >= 0.3 is 0 Å². The summed E-state index contributed by atoms with van der Waals surface area (Å²) in [6, 6.07) is 16.0. The Kier molecular flexibility index (Phi) is 3.72. The number of hydrogen-bond acceptors (Lipinski definition) is 2. The molecule has 0 amide bonds. The van der Waals surface area contributed by atoms with Crippen LogP contribution in [0.3, 0.4) is 0 Å². The molecule has 2 aromatic rings. The van der Waals surface area contributed by atoms with Gasteiger partial charge in [-0.3, -0.25) is 4.21 Å². The molecule has 2 aromatic carbocycles. The van der Waals surface area contributed by atoms with Crippen LogP contribution in [0.2, 0.25) is 0 Å². The summed E-state index contributed by atoms with van der Waals surface area (Å²) in [5.41, 5.74) is 9.97. The Labute approximate surface area is 122 Å². The number of hydrogen-bond donors (Lipinski definition) is 1. The molecule has 3 atom stereocenters. The quantitative estimate of drug-likeness (QED) is 0.921. The molecule has 20 heavy (non-hydrogen) atoms. The smallest absolute Gasteiger partial charge is 0.0590 e. The maximum atomic E-state index is 12.8. The van der Waals surface area contributed by atoms with Gasteiger partial charge in [0.25, 0.3) is 0 Å². The third-order valence-corrected chi connectivity index (χ3v) is 5.81. The van der Waals surface area contributed by atoms with Crippen molar-refractivity contribution in [1.29, 1.82) is 0 Å². The molecule has 1 aliphatic rings. The van der Waals surface area contributed by atoms with Crippen LogP contribution in [0.5, 0.6) is 0 Å². The highest BCUT2D eigenvalue weighted by molar-refractivity contribution is 7.85. The van der Waals surface area contributed by atoms with E-state index in [1.54, 1.807) is 0 Å². The maximum absolute atomic E-state index is 12.8. The molecule has 3 heteroatoms. The predicted octanol–water partition coefficient (Wildman–Crippen LogP) is 3.12. The van der Waals surface area contributed by atoms with Crippen molar-refractivity contribution in [2.24, 2.45) is 5.73 Å². The van der Waals surface area contributed by atoms with Crippen molar-refractivity contribution in [3.8, 4) is 0 Å².